The van der Waals surface area contributed by atoms with Crippen molar-refractivity contribution < 1.29 is 4.79 Å². The Bertz CT molecular complexity index is 960. The van der Waals surface area contributed by atoms with Gasteiger partial charge in [-0.15, -0.1) is 10.2 Å². The molecule has 1 N–H and O–H groups in total. The number of carbonyl (C=O) groups excluding carboxylic acids is 1. The number of benzene rings is 2. The molecule has 1 amide bonds. The number of nitrogens with one attached hydrogen (secondary N) is 1. The molecule has 4 rings (SSSR count). The van der Waals surface area contributed by atoms with Crippen LogP contribution >= 0.6 is 23.4 Å². The molecule has 0 bridgehead atoms. The molecule has 0 saturated carbocycles. The Morgan fingerprint density at radius 2 is 1.86 bits per heavy atom. The van der Waals surface area contributed by atoms with Crippen LogP contribution < -0.4 is 5.32 Å². The second kappa shape index (κ2) is 8.80. The Balaban J connectivity index is 1.71. The van der Waals surface area contributed by atoms with Crippen LogP contribution in [0.25, 0.3) is 11.4 Å². The monoisotopic (exact) mass is 412 g/mol. The third kappa shape index (κ3) is 4.23. The fraction of sp³-hybridized carbons (Fsp3) is 0.286. The van der Waals surface area contributed by atoms with Gasteiger partial charge < -0.3 is 5.32 Å². The van der Waals surface area contributed by atoms with Crippen molar-refractivity contribution in [2.24, 2.45) is 0 Å². The standard InChI is InChI=1S/C21H21ClN4OS/c22-17-11-5-4-10-16(17)19-24-25-21(26(19)14-15-8-2-1-3-9-15)28-18-12-6-7-13-23-20(18)27/h1-5,8-11,18H,6-7,12-14H2,(H,23,27)/t18-/m1/s1. The molecule has 1 saturated heterocycles. The Morgan fingerprint density at radius 1 is 1.07 bits per heavy atom. The molecule has 0 unspecified atom stereocenters. The lowest BCUT2D eigenvalue weighted by Crippen LogP contribution is -2.30. The van der Waals surface area contributed by atoms with E-state index < -0.39 is 0 Å². The third-order valence-electron chi connectivity index (χ3n) is 4.75. The molecule has 0 aliphatic carbocycles. The normalized spacial score (nSPS) is 17.2. The first kappa shape index (κ1) is 19.0. The lowest BCUT2D eigenvalue weighted by Gasteiger charge is -2.15. The van der Waals surface area contributed by atoms with E-state index in [1.807, 2.05) is 42.5 Å². The molecular formula is C21H21ClN4OS. The van der Waals surface area contributed by atoms with Crippen molar-refractivity contribution in [2.45, 2.75) is 36.2 Å². The molecule has 0 spiro atoms. The predicted molar refractivity (Wildman–Crippen MR) is 113 cm³/mol. The Labute approximate surface area is 173 Å². The molecule has 1 aliphatic rings. The summed E-state index contributed by atoms with van der Waals surface area (Å²) in [5.74, 6) is 0.794. The minimum Gasteiger partial charge on any atom is -0.355 e. The van der Waals surface area contributed by atoms with E-state index in [0.29, 0.717) is 17.4 Å². The van der Waals surface area contributed by atoms with Gasteiger partial charge in [-0.1, -0.05) is 72.2 Å². The van der Waals surface area contributed by atoms with Crippen LogP contribution in [-0.4, -0.2) is 32.5 Å². The zero-order valence-corrected chi connectivity index (χ0v) is 16.9. The zero-order valence-electron chi connectivity index (χ0n) is 15.3. The highest BCUT2D eigenvalue weighted by atomic mass is 35.5. The summed E-state index contributed by atoms with van der Waals surface area (Å²) in [5.41, 5.74) is 1.98. The largest absolute Gasteiger partial charge is 0.355 e. The van der Waals surface area contributed by atoms with Gasteiger partial charge in [-0.3, -0.25) is 9.36 Å². The number of hydrogen-bond donors (Lipinski definition) is 1. The van der Waals surface area contributed by atoms with Crippen LogP contribution in [0.1, 0.15) is 24.8 Å². The number of nitrogens with zero attached hydrogens (tertiary/aromatic N) is 3. The van der Waals surface area contributed by atoms with Crippen molar-refractivity contribution in [3.8, 4) is 11.4 Å². The molecule has 1 fully saturated rings. The topological polar surface area (TPSA) is 59.8 Å². The number of halogens is 1. The van der Waals surface area contributed by atoms with Crippen LogP contribution in [0.3, 0.4) is 0 Å². The summed E-state index contributed by atoms with van der Waals surface area (Å²) in [6, 6.07) is 17.8. The maximum Gasteiger partial charge on any atom is 0.233 e. The van der Waals surface area contributed by atoms with Gasteiger partial charge in [0.05, 0.1) is 16.8 Å². The van der Waals surface area contributed by atoms with Gasteiger partial charge in [-0.2, -0.15) is 0 Å². The third-order valence-corrected chi connectivity index (χ3v) is 6.32. The van der Waals surface area contributed by atoms with Crippen molar-refractivity contribution in [3.05, 3.63) is 65.2 Å². The van der Waals surface area contributed by atoms with Crippen LogP contribution in [-0.2, 0) is 11.3 Å². The number of hydrogen-bond acceptors (Lipinski definition) is 4. The highest BCUT2D eigenvalue weighted by Crippen LogP contribution is 2.33. The maximum atomic E-state index is 12.4. The highest BCUT2D eigenvalue weighted by molar-refractivity contribution is 8.00. The predicted octanol–water partition coefficient (Wildman–Crippen LogP) is 4.41. The van der Waals surface area contributed by atoms with E-state index in [1.54, 1.807) is 0 Å². The van der Waals surface area contributed by atoms with Crippen LogP contribution in [0.2, 0.25) is 5.02 Å². The first-order valence-corrected chi connectivity index (χ1v) is 10.6. The van der Waals surface area contributed by atoms with E-state index in [9.17, 15) is 4.79 Å². The Kier molecular flexibility index (Phi) is 5.98. The average molecular weight is 413 g/mol. The van der Waals surface area contributed by atoms with Crippen LogP contribution in [0.15, 0.2) is 59.8 Å². The summed E-state index contributed by atoms with van der Waals surface area (Å²) >= 11 is 7.92. The van der Waals surface area contributed by atoms with Crippen LogP contribution in [0.4, 0.5) is 0 Å². The first-order chi connectivity index (χ1) is 13.7. The molecule has 3 aromatic rings. The van der Waals surface area contributed by atoms with E-state index in [1.165, 1.54) is 11.8 Å². The van der Waals surface area contributed by atoms with Crippen LogP contribution in [0, 0.1) is 0 Å². The summed E-state index contributed by atoms with van der Waals surface area (Å²) in [7, 11) is 0. The number of aromatic nitrogens is 3. The molecule has 5 nitrogen and oxygen atoms in total. The van der Waals surface area contributed by atoms with Crippen LogP contribution in [0.5, 0.6) is 0 Å². The minimum atomic E-state index is -0.152. The second-order valence-electron chi connectivity index (χ2n) is 6.75. The lowest BCUT2D eigenvalue weighted by atomic mass is 10.2. The number of carbonyl (C=O) groups is 1. The molecule has 2 aromatic carbocycles. The molecular weight excluding hydrogens is 392 g/mol. The number of thioether (sulfide) groups is 1. The highest BCUT2D eigenvalue weighted by Gasteiger charge is 2.26. The van der Waals surface area contributed by atoms with Gasteiger partial charge in [0.25, 0.3) is 0 Å². The smallest absolute Gasteiger partial charge is 0.233 e. The zero-order chi connectivity index (χ0) is 19.3. The van der Waals surface area contributed by atoms with Crippen molar-refractivity contribution in [1.29, 1.82) is 0 Å². The summed E-state index contributed by atoms with van der Waals surface area (Å²) < 4.78 is 2.05. The van der Waals surface area contributed by atoms with E-state index in [0.717, 1.165) is 42.1 Å². The van der Waals surface area contributed by atoms with Gasteiger partial charge in [0.1, 0.15) is 0 Å². The number of amides is 1. The van der Waals surface area contributed by atoms with E-state index in [4.69, 9.17) is 11.6 Å². The van der Waals surface area contributed by atoms with Gasteiger partial charge in [-0.25, -0.2) is 0 Å². The van der Waals surface area contributed by atoms with E-state index in [2.05, 4.69) is 32.2 Å². The first-order valence-electron chi connectivity index (χ1n) is 9.39. The second-order valence-corrected chi connectivity index (χ2v) is 8.33. The van der Waals surface area contributed by atoms with Gasteiger partial charge in [0.2, 0.25) is 5.91 Å². The van der Waals surface area contributed by atoms with E-state index >= 15 is 0 Å². The molecule has 28 heavy (non-hydrogen) atoms. The summed E-state index contributed by atoms with van der Waals surface area (Å²) in [5, 5.41) is 13.1. The quantitative estimate of drug-likeness (QED) is 0.674. The lowest BCUT2D eigenvalue weighted by molar-refractivity contribution is -0.120. The molecule has 144 valence electrons. The average Bonchev–Trinajstić information content (AvgIpc) is 2.97. The van der Waals surface area contributed by atoms with Crippen molar-refractivity contribution in [3.63, 3.8) is 0 Å². The van der Waals surface area contributed by atoms with Gasteiger partial charge in [0.15, 0.2) is 11.0 Å². The molecule has 7 heteroatoms. The van der Waals surface area contributed by atoms with E-state index in [-0.39, 0.29) is 11.2 Å². The molecule has 1 aromatic heterocycles. The molecule has 1 atom stereocenters. The maximum absolute atomic E-state index is 12.4. The molecule has 2 heterocycles. The minimum absolute atomic E-state index is 0.0797. The van der Waals surface area contributed by atoms with Crippen molar-refractivity contribution >= 4 is 29.3 Å². The SMILES string of the molecule is O=C1NCCCC[C@H]1Sc1nnc(-c2ccccc2Cl)n1Cc1ccccc1. The Morgan fingerprint density at radius 3 is 2.68 bits per heavy atom. The summed E-state index contributed by atoms with van der Waals surface area (Å²) in [6.07, 6.45) is 2.89. The van der Waals surface area contributed by atoms with Crippen molar-refractivity contribution in [2.75, 3.05) is 6.54 Å². The van der Waals surface area contributed by atoms with Gasteiger partial charge in [-0.05, 0) is 30.5 Å². The summed E-state index contributed by atoms with van der Waals surface area (Å²) in [4.78, 5) is 12.4. The fourth-order valence-corrected chi connectivity index (χ4v) is 4.59. The Hall–Kier alpha value is -2.31. The molecule has 1 aliphatic heterocycles. The van der Waals surface area contributed by atoms with Crippen molar-refractivity contribution in [1.82, 2.24) is 20.1 Å². The van der Waals surface area contributed by atoms with Gasteiger partial charge in [0, 0.05) is 12.1 Å². The molecule has 0 radical (unpaired) electrons. The van der Waals surface area contributed by atoms with Gasteiger partial charge >= 0.3 is 0 Å². The summed E-state index contributed by atoms with van der Waals surface area (Å²) in [6.45, 7) is 1.36. The fourth-order valence-electron chi connectivity index (χ4n) is 3.28. The number of rotatable bonds is 5.